The molecule has 0 bridgehead atoms. The number of likely N-dealkylation sites (tertiary alicyclic amines) is 1. The molecule has 1 aromatic rings. The molecule has 3 heteroatoms. The number of hydrogen-bond donors (Lipinski definition) is 1. The molecule has 98 valence electrons. The number of hydrogen-bond acceptors (Lipinski definition) is 3. The minimum atomic E-state index is 0.792. The molecular formula is C15H23N3. The van der Waals surface area contributed by atoms with E-state index in [2.05, 4.69) is 29.0 Å². The summed E-state index contributed by atoms with van der Waals surface area (Å²) in [6.07, 6.45) is 3.99. The molecule has 2 N–H and O–H groups in total. The summed E-state index contributed by atoms with van der Waals surface area (Å²) in [7, 11) is 2.28. The molecule has 0 aromatic heterocycles. The van der Waals surface area contributed by atoms with Crippen molar-refractivity contribution in [2.75, 3.05) is 37.3 Å². The van der Waals surface area contributed by atoms with Crippen LogP contribution in [0.4, 0.5) is 11.4 Å². The molecule has 2 heterocycles. The number of para-hydroxylation sites is 2. The van der Waals surface area contributed by atoms with Crippen LogP contribution in [0.2, 0.25) is 0 Å². The number of fused-ring (bicyclic) bond motifs is 1. The molecule has 2 fully saturated rings. The third kappa shape index (κ3) is 2.07. The highest BCUT2D eigenvalue weighted by Gasteiger charge is 2.34. The average Bonchev–Trinajstić information content (AvgIpc) is 2.39. The lowest BCUT2D eigenvalue weighted by atomic mass is 9.84. The van der Waals surface area contributed by atoms with Gasteiger partial charge in [-0.1, -0.05) is 12.1 Å². The number of piperidine rings is 2. The van der Waals surface area contributed by atoms with Gasteiger partial charge in [0.1, 0.15) is 0 Å². The van der Waals surface area contributed by atoms with Crippen molar-refractivity contribution in [2.24, 2.45) is 5.92 Å². The van der Waals surface area contributed by atoms with E-state index in [-0.39, 0.29) is 0 Å². The largest absolute Gasteiger partial charge is 0.397 e. The molecule has 3 rings (SSSR count). The Hall–Kier alpha value is -1.22. The third-order valence-electron chi connectivity index (χ3n) is 4.62. The molecule has 2 aliphatic heterocycles. The predicted molar refractivity (Wildman–Crippen MR) is 76.8 cm³/mol. The number of nitrogens with two attached hydrogens (primary N) is 1. The molecule has 0 radical (unpaired) electrons. The second-order valence-electron chi connectivity index (χ2n) is 5.74. The lowest BCUT2D eigenvalue weighted by Crippen LogP contribution is -2.52. The van der Waals surface area contributed by atoms with Gasteiger partial charge in [-0.05, 0) is 50.9 Å². The van der Waals surface area contributed by atoms with Crippen molar-refractivity contribution >= 4 is 11.4 Å². The van der Waals surface area contributed by atoms with Gasteiger partial charge < -0.3 is 15.5 Å². The smallest absolute Gasteiger partial charge is 0.0600 e. The fourth-order valence-electron chi connectivity index (χ4n) is 3.65. The van der Waals surface area contributed by atoms with E-state index < -0.39 is 0 Å². The van der Waals surface area contributed by atoms with E-state index in [9.17, 15) is 0 Å². The van der Waals surface area contributed by atoms with Crippen molar-refractivity contribution in [3.63, 3.8) is 0 Å². The van der Waals surface area contributed by atoms with Gasteiger partial charge in [0, 0.05) is 19.1 Å². The molecule has 0 amide bonds. The Morgan fingerprint density at radius 2 is 2.00 bits per heavy atom. The van der Waals surface area contributed by atoms with Crippen molar-refractivity contribution in [1.29, 1.82) is 0 Å². The minimum Gasteiger partial charge on any atom is -0.397 e. The fourth-order valence-corrected chi connectivity index (χ4v) is 3.65. The number of benzene rings is 1. The Labute approximate surface area is 110 Å². The highest BCUT2D eigenvalue weighted by atomic mass is 15.2. The van der Waals surface area contributed by atoms with Crippen LogP contribution in [-0.4, -0.2) is 37.6 Å². The monoisotopic (exact) mass is 245 g/mol. The molecule has 18 heavy (non-hydrogen) atoms. The molecule has 2 saturated heterocycles. The maximum absolute atomic E-state index is 6.09. The van der Waals surface area contributed by atoms with Crippen molar-refractivity contribution < 1.29 is 0 Å². The van der Waals surface area contributed by atoms with Gasteiger partial charge in [-0.3, -0.25) is 0 Å². The first-order valence-electron chi connectivity index (χ1n) is 7.05. The first-order valence-corrected chi connectivity index (χ1v) is 7.05. The Balaban J connectivity index is 1.76. The SMILES string of the molecule is CN1CCCC2CN(c3ccccc3N)CCC21. The normalized spacial score (nSPS) is 29.1. The molecule has 2 unspecified atom stereocenters. The summed E-state index contributed by atoms with van der Waals surface area (Å²) in [6, 6.07) is 9.06. The Bertz CT molecular complexity index is 418. The van der Waals surface area contributed by atoms with Gasteiger partial charge in [-0.2, -0.15) is 0 Å². The van der Waals surface area contributed by atoms with Gasteiger partial charge in [0.25, 0.3) is 0 Å². The highest BCUT2D eigenvalue weighted by molar-refractivity contribution is 5.67. The second kappa shape index (κ2) is 4.81. The second-order valence-corrected chi connectivity index (χ2v) is 5.74. The van der Waals surface area contributed by atoms with Crippen LogP contribution in [0, 0.1) is 5.92 Å². The van der Waals surface area contributed by atoms with E-state index in [1.807, 2.05) is 12.1 Å². The lowest BCUT2D eigenvalue weighted by Gasteiger charge is -2.46. The summed E-state index contributed by atoms with van der Waals surface area (Å²) in [4.78, 5) is 5.04. The Morgan fingerprint density at radius 1 is 1.17 bits per heavy atom. The van der Waals surface area contributed by atoms with Gasteiger partial charge in [0.15, 0.2) is 0 Å². The van der Waals surface area contributed by atoms with Crippen molar-refractivity contribution in [3.05, 3.63) is 24.3 Å². The summed E-state index contributed by atoms with van der Waals surface area (Å²) in [5.74, 6) is 0.817. The van der Waals surface area contributed by atoms with Gasteiger partial charge in [-0.15, -0.1) is 0 Å². The lowest BCUT2D eigenvalue weighted by molar-refractivity contribution is 0.102. The van der Waals surface area contributed by atoms with Crippen LogP contribution >= 0.6 is 0 Å². The van der Waals surface area contributed by atoms with Gasteiger partial charge in [0.05, 0.1) is 11.4 Å². The zero-order chi connectivity index (χ0) is 12.5. The average molecular weight is 245 g/mol. The molecule has 1 aromatic carbocycles. The van der Waals surface area contributed by atoms with Crippen LogP contribution in [-0.2, 0) is 0 Å². The zero-order valence-electron chi connectivity index (χ0n) is 11.2. The number of nitrogens with zero attached hydrogens (tertiary/aromatic N) is 2. The van der Waals surface area contributed by atoms with Crippen molar-refractivity contribution in [3.8, 4) is 0 Å². The molecule has 2 atom stereocenters. The quantitative estimate of drug-likeness (QED) is 0.770. The van der Waals surface area contributed by atoms with E-state index >= 15 is 0 Å². The third-order valence-corrected chi connectivity index (χ3v) is 4.62. The first kappa shape index (κ1) is 11.8. The Kier molecular flexibility index (Phi) is 3.16. The van der Waals surface area contributed by atoms with Crippen molar-refractivity contribution in [2.45, 2.75) is 25.3 Å². The van der Waals surface area contributed by atoms with Crippen LogP contribution in [0.5, 0.6) is 0 Å². The maximum Gasteiger partial charge on any atom is 0.0600 e. The fraction of sp³-hybridized carbons (Fsp3) is 0.600. The van der Waals surface area contributed by atoms with E-state index in [0.717, 1.165) is 24.2 Å². The zero-order valence-corrected chi connectivity index (χ0v) is 11.2. The molecule has 0 saturated carbocycles. The molecule has 3 nitrogen and oxygen atoms in total. The number of nitrogen functional groups attached to an aromatic ring is 1. The summed E-state index contributed by atoms with van der Waals surface area (Å²) < 4.78 is 0. The Morgan fingerprint density at radius 3 is 2.83 bits per heavy atom. The summed E-state index contributed by atoms with van der Waals surface area (Å²) in [6.45, 7) is 3.58. The van der Waals surface area contributed by atoms with Crippen molar-refractivity contribution in [1.82, 2.24) is 4.90 Å². The van der Waals surface area contributed by atoms with Gasteiger partial charge in [0.2, 0.25) is 0 Å². The standard InChI is InChI=1S/C15H23N3/c1-17-9-4-5-12-11-18(10-8-14(12)17)15-7-3-2-6-13(15)16/h2-3,6-7,12,14H,4-5,8-11,16H2,1H3. The van der Waals surface area contributed by atoms with Crippen LogP contribution in [0.3, 0.4) is 0 Å². The predicted octanol–water partition coefficient (Wildman–Crippen LogP) is 2.19. The first-order chi connectivity index (χ1) is 8.75. The summed E-state index contributed by atoms with van der Waals surface area (Å²) in [5.41, 5.74) is 8.24. The molecule has 0 spiro atoms. The summed E-state index contributed by atoms with van der Waals surface area (Å²) in [5, 5.41) is 0. The number of anilines is 2. The van der Waals surface area contributed by atoms with Gasteiger partial charge in [-0.25, -0.2) is 0 Å². The topological polar surface area (TPSA) is 32.5 Å². The van der Waals surface area contributed by atoms with Crippen LogP contribution in [0.1, 0.15) is 19.3 Å². The minimum absolute atomic E-state index is 0.792. The molecular weight excluding hydrogens is 222 g/mol. The van der Waals surface area contributed by atoms with Crippen LogP contribution < -0.4 is 10.6 Å². The van der Waals surface area contributed by atoms with Gasteiger partial charge >= 0.3 is 0 Å². The van der Waals surface area contributed by atoms with Crippen LogP contribution in [0.15, 0.2) is 24.3 Å². The van der Waals surface area contributed by atoms with E-state index in [1.165, 1.54) is 38.0 Å². The maximum atomic E-state index is 6.09. The van der Waals surface area contributed by atoms with E-state index in [1.54, 1.807) is 0 Å². The molecule has 0 aliphatic carbocycles. The van der Waals surface area contributed by atoms with Crippen LogP contribution in [0.25, 0.3) is 0 Å². The highest BCUT2D eigenvalue weighted by Crippen LogP contribution is 2.33. The van der Waals surface area contributed by atoms with E-state index in [4.69, 9.17) is 5.73 Å². The number of rotatable bonds is 1. The molecule has 2 aliphatic rings. The summed E-state index contributed by atoms with van der Waals surface area (Å²) >= 11 is 0. The van der Waals surface area contributed by atoms with E-state index in [0.29, 0.717) is 0 Å².